The first kappa shape index (κ1) is 17.8. The van der Waals surface area contributed by atoms with Crippen LogP contribution in [0, 0.1) is 11.8 Å². The molecule has 3 nitrogen and oxygen atoms in total. The third-order valence-corrected chi connectivity index (χ3v) is 6.45. The van der Waals surface area contributed by atoms with Gasteiger partial charge in [-0.25, -0.2) is 0 Å². The second-order valence-corrected chi connectivity index (χ2v) is 9.25. The zero-order chi connectivity index (χ0) is 17.2. The van der Waals surface area contributed by atoms with Gasteiger partial charge in [-0.05, 0) is 60.9 Å². The smallest absolute Gasteiger partial charge is 0.232 e. The van der Waals surface area contributed by atoms with Crippen LogP contribution < -0.4 is 5.32 Å². The fourth-order valence-corrected chi connectivity index (χ4v) is 4.56. The molecular weight excluding hydrogens is 316 g/mol. The number of nitrogens with one attached hydrogen (secondary N) is 1. The van der Waals surface area contributed by atoms with Crippen molar-refractivity contribution in [3.05, 3.63) is 29.8 Å². The lowest BCUT2D eigenvalue weighted by Crippen LogP contribution is -2.34. The zero-order valence-corrected chi connectivity index (χ0v) is 16.0. The molecule has 132 valence electrons. The Morgan fingerprint density at radius 3 is 2.25 bits per heavy atom. The molecule has 4 heteroatoms. The van der Waals surface area contributed by atoms with Crippen LogP contribution in [0.2, 0.25) is 0 Å². The van der Waals surface area contributed by atoms with Crippen LogP contribution in [0.1, 0.15) is 39.2 Å². The van der Waals surface area contributed by atoms with Gasteiger partial charge in [0.05, 0.1) is 5.75 Å². The maximum atomic E-state index is 12.6. The van der Waals surface area contributed by atoms with Gasteiger partial charge in [0, 0.05) is 18.0 Å². The molecule has 0 spiro atoms. The van der Waals surface area contributed by atoms with Gasteiger partial charge in [-0.3, -0.25) is 4.79 Å². The van der Waals surface area contributed by atoms with Gasteiger partial charge < -0.3 is 10.2 Å². The molecule has 24 heavy (non-hydrogen) atoms. The number of nitrogens with zero attached hydrogens (tertiary/aromatic N) is 1. The van der Waals surface area contributed by atoms with Crippen LogP contribution in [0.4, 0.5) is 0 Å². The van der Waals surface area contributed by atoms with Gasteiger partial charge in [0.2, 0.25) is 5.91 Å². The summed E-state index contributed by atoms with van der Waals surface area (Å²) in [6.45, 7) is 10.8. The number of carbonyl (C=O) groups is 1. The number of hydrogen-bond acceptors (Lipinski definition) is 3. The molecule has 0 radical (unpaired) electrons. The quantitative estimate of drug-likeness (QED) is 0.850. The SMILES string of the molecule is CC(C)(C)c1ccc(SCC(=O)N2CC[C@@H]3CNC[C@@H]3CC2)cc1. The van der Waals surface area contributed by atoms with Gasteiger partial charge in [0.15, 0.2) is 0 Å². The first-order valence-electron chi connectivity index (χ1n) is 9.15. The van der Waals surface area contributed by atoms with Crippen molar-refractivity contribution in [2.45, 2.75) is 43.9 Å². The molecule has 2 aliphatic heterocycles. The highest BCUT2D eigenvalue weighted by Crippen LogP contribution is 2.28. The molecule has 0 aliphatic carbocycles. The second-order valence-electron chi connectivity index (χ2n) is 8.20. The number of hydrogen-bond donors (Lipinski definition) is 1. The zero-order valence-electron chi connectivity index (χ0n) is 15.2. The number of amides is 1. The molecule has 0 unspecified atom stereocenters. The number of thioether (sulfide) groups is 1. The van der Waals surface area contributed by atoms with E-state index in [0.29, 0.717) is 11.7 Å². The van der Waals surface area contributed by atoms with Crippen LogP contribution >= 0.6 is 11.8 Å². The van der Waals surface area contributed by atoms with Gasteiger partial charge in [-0.1, -0.05) is 32.9 Å². The number of benzene rings is 1. The van der Waals surface area contributed by atoms with E-state index in [0.717, 1.165) is 50.9 Å². The standard InChI is InChI=1S/C20H30N2OS/c1-20(2,3)17-4-6-18(7-5-17)24-14-19(23)22-10-8-15-12-21-13-16(15)9-11-22/h4-7,15-16,21H,8-14H2,1-3H3/t15-,16+. The van der Waals surface area contributed by atoms with Crippen LogP contribution in [-0.4, -0.2) is 42.7 Å². The van der Waals surface area contributed by atoms with Gasteiger partial charge in [0.25, 0.3) is 0 Å². The molecule has 3 rings (SSSR count). The fourth-order valence-electron chi connectivity index (χ4n) is 3.76. The lowest BCUT2D eigenvalue weighted by atomic mass is 9.87. The van der Waals surface area contributed by atoms with E-state index in [2.05, 4.69) is 55.3 Å². The molecule has 1 amide bonds. The van der Waals surface area contributed by atoms with Crippen molar-refractivity contribution < 1.29 is 4.79 Å². The lowest BCUT2D eigenvalue weighted by Gasteiger charge is -2.21. The van der Waals surface area contributed by atoms with Crippen LogP contribution in [0.15, 0.2) is 29.2 Å². The molecule has 2 heterocycles. The summed E-state index contributed by atoms with van der Waals surface area (Å²) in [6, 6.07) is 8.67. The first-order valence-corrected chi connectivity index (χ1v) is 10.1. The Kier molecular flexibility index (Phi) is 5.56. The number of rotatable bonds is 3. The van der Waals surface area contributed by atoms with E-state index in [1.165, 1.54) is 10.5 Å². The van der Waals surface area contributed by atoms with E-state index in [1.54, 1.807) is 11.8 Å². The summed E-state index contributed by atoms with van der Waals surface area (Å²) in [5, 5.41) is 3.49. The maximum absolute atomic E-state index is 12.6. The topological polar surface area (TPSA) is 32.3 Å². The predicted molar refractivity (Wildman–Crippen MR) is 102 cm³/mol. The van der Waals surface area contributed by atoms with E-state index in [-0.39, 0.29) is 5.41 Å². The van der Waals surface area contributed by atoms with Crippen molar-refractivity contribution >= 4 is 17.7 Å². The molecule has 2 atom stereocenters. The molecule has 0 aromatic heterocycles. The van der Waals surface area contributed by atoms with Crippen LogP contribution in [0.3, 0.4) is 0 Å². The number of likely N-dealkylation sites (tertiary alicyclic amines) is 1. The minimum atomic E-state index is 0.179. The highest BCUT2D eigenvalue weighted by molar-refractivity contribution is 8.00. The summed E-state index contributed by atoms with van der Waals surface area (Å²) in [4.78, 5) is 15.8. The average Bonchev–Trinajstić information content (AvgIpc) is 2.90. The molecule has 0 bridgehead atoms. The summed E-state index contributed by atoms with van der Waals surface area (Å²) in [5.41, 5.74) is 1.52. The number of carbonyl (C=O) groups excluding carboxylic acids is 1. The monoisotopic (exact) mass is 346 g/mol. The largest absolute Gasteiger partial charge is 0.342 e. The third kappa shape index (κ3) is 4.34. The van der Waals surface area contributed by atoms with Crippen molar-refractivity contribution in [3.8, 4) is 0 Å². The van der Waals surface area contributed by atoms with E-state index in [1.807, 2.05) is 0 Å². The fraction of sp³-hybridized carbons (Fsp3) is 0.650. The minimum Gasteiger partial charge on any atom is -0.342 e. The Morgan fingerprint density at radius 1 is 1.12 bits per heavy atom. The summed E-state index contributed by atoms with van der Waals surface area (Å²) in [6.07, 6.45) is 2.32. The molecule has 2 aliphatic rings. The van der Waals surface area contributed by atoms with Gasteiger partial charge in [-0.2, -0.15) is 0 Å². The Labute approximate surface area is 150 Å². The maximum Gasteiger partial charge on any atom is 0.232 e. The van der Waals surface area contributed by atoms with Gasteiger partial charge in [-0.15, -0.1) is 11.8 Å². The summed E-state index contributed by atoms with van der Waals surface area (Å²) < 4.78 is 0. The minimum absolute atomic E-state index is 0.179. The highest BCUT2D eigenvalue weighted by atomic mass is 32.2. The first-order chi connectivity index (χ1) is 11.4. The van der Waals surface area contributed by atoms with Crippen LogP contribution in [0.25, 0.3) is 0 Å². The molecule has 2 fully saturated rings. The van der Waals surface area contributed by atoms with Gasteiger partial charge >= 0.3 is 0 Å². The van der Waals surface area contributed by atoms with Crippen molar-refractivity contribution in [1.29, 1.82) is 0 Å². The average molecular weight is 347 g/mol. The summed E-state index contributed by atoms with van der Waals surface area (Å²) in [5.74, 6) is 2.41. The Balaban J connectivity index is 1.50. The van der Waals surface area contributed by atoms with Crippen LogP contribution in [0.5, 0.6) is 0 Å². The summed E-state index contributed by atoms with van der Waals surface area (Å²) >= 11 is 1.67. The third-order valence-electron chi connectivity index (χ3n) is 5.45. The van der Waals surface area contributed by atoms with Crippen LogP contribution in [-0.2, 0) is 10.2 Å². The second kappa shape index (κ2) is 7.49. The Morgan fingerprint density at radius 2 is 1.71 bits per heavy atom. The Bertz CT molecular complexity index is 550. The van der Waals surface area contributed by atoms with Crippen molar-refractivity contribution in [2.24, 2.45) is 11.8 Å². The molecule has 1 aromatic carbocycles. The van der Waals surface area contributed by atoms with E-state index >= 15 is 0 Å². The molecular formula is C20H30N2OS. The molecule has 2 saturated heterocycles. The van der Waals surface area contributed by atoms with Crippen molar-refractivity contribution in [3.63, 3.8) is 0 Å². The van der Waals surface area contributed by atoms with E-state index in [4.69, 9.17) is 0 Å². The molecule has 0 saturated carbocycles. The predicted octanol–water partition coefficient (Wildman–Crippen LogP) is 3.53. The van der Waals surface area contributed by atoms with E-state index < -0.39 is 0 Å². The Hall–Kier alpha value is -1.00. The lowest BCUT2D eigenvalue weighted by molar-refractivity contribution is -0.128. The summed E-state index contributed by atoms with van der Waals surface area (Å²) in [7, 11) is 0. The van der Waals surface area contributed by atoms with Gasteiger partial charge in [0.1, 0.15) is 0 Å². The van der Waals surface area contributed by atoms with Crippen molar-refractivity contribution in [2.75, 3.05) is 31.9 Å². The molecule has 1 N–H and O–H groups in total. The number of fused-ring (bicyclic) bond motifs is 1. The van der Waals surface area contributed by atoms with Crippen molar-refractivity contribution in [1.82, 2.24) is 10.2 Å². The van der Waals surface area contributed by atoms with E-state index in [9.17, 15) is 4.79 Å². The normalized spacial score (nSPS) is 24.5. The molecule has 1 aromatic rings. The highest BCUT2D eigenvalue weighted by Gasteiger charge is 2.31.